The van der Waals surface area contributed by atoms with E-state index in [2.05, 4.69) is 0 Å². The lowest BCUT2D eigenvalue weighted by Crippen LogP contribution is -2.42. The van der Waals surface area contributed by atoms with E-state index in [1.54, 1.807) is 0 Å². The molecular formula is C24H28FN3O5S. The number of ether oxygens (including phenoxy) is 2. The molecule has 3 heterocycles. The number of aromatic nitrogens is 1. The maximum absolute atomic E-state index is 15.6. The molecule has 34 heavy (non-hydrogen) atoms. The highest BCUT2D eigenvalue weighted by molar-refractivity contribution is 7.21. The topological polar surface area (TPSA) is 107 Å². The summed E-state index contributed by atoms with van der Waals surface area (Å²) < 4.78 is 28.1. The molecular weight excluding hydrogens is 461 g/mol. The third-order valence-electron chi connectivity index (χ3n) is 7.02. The highest BCUT2D eigenvalue weighted by Gasteiger charge is 2.37. The van der Waals surface area contributed by atoms with Gasteiger partial charge in [0.05, 0.1) is 25.1 Å². The average molecular weight is 490 g/mol. The van der Waals surface area contributed by atoms with E-state index in [0.717, 1.165) is 30.6 Å². The Morgan fingerprint density at radius 2 is 2.00 bits per heavy atom. The van der Waals surface area contributed by atoms with Crippen molar-refractivity contribution in [3.8, 4) is 11.5 Å². The van der Waals surface area contributed by atoms with E-state index in [0.29, 0.717) is 29.1 Å². The van der Waals surface area contributed by atoms with Gasteiger partial charge in [0.2, 0.25) is 5.43 Å². The number of hydrogen-bond donors (Lipinski definition) is 2. The van der Waals surface area contributed by atoms with Crippen LogP contribution in [0.2, 0.25) is 0 Å². The van der Waals surface area contributed by atoms with Crippen molar-refractivity contribution in [2.75, 3.05) is 32.2 Å². The Bertz CT molecular complexity index is 1390. The minimum Gasteiger partial charge on any atom is -0.505 e. The van der Waals surface area contributed by atoms with Crippen LogP contribution in [0, 0.1) is 11.7 Å². The largest absolute Gasteiger partial charge is 0.505 e. The van der Waals surface area contributed by atoms with Gasteiger partial charge in [0.1, 0.15) is 15.9 Å². The molecule has 8 nitrogen and oxygen atoms in total. The molecule has 1 saturated carbocycles. The summed E-state index contributed by atoms with van der Waals surface area (Å²) in [5, 5.41) is 10.9. The van der Waals surface area contributed by atoms with Gasteiger partial charge in [0.25, 0.3) is 0 Å². The van der Waals surface area contributed by atoms with Crippen LogP contribution in [0.15, 0.2) is 10.9 Å². The van der Waals surface area contributed by atoms with Crippen molar-refractivity contribution in [3.63, 3.8) is 0 Å². The standard InChI is InChI=1S/C24H28FN3O5S/c1-24(2,26)11-7-8-27(10-11)17-14(25)9-13-16(20(17)32-3)28(12-5-6-12)22-15(18(13)29)19(30)21(34-22)23(31)33-4/h9,11-12,30H,5-8,10,26H2,1-4H3/t11-/m1/s1. The summed E-state index contributed by atoms with van der Waals surface area (Å²) in [6.07, 6.45) is 2.55. The number of rotatable bonds is 5. The Hall–Kier alpha value is -2.85. The molecule has 3 aromatic rings. The molecule has 1 saturated heterocycles. The molecule has 1 aliphatic heterocycles. The van der Waals surface area contributed by atoms with E-state index >= 15 is 4.39 Å². The van der Waals surface area contributed by atoms with Crippen LogP contribution in [0.25, 0.3) is 21.1 Å². The van der Waals surface area contributed by atoms with Gasteiger partial charge < -0.3 is 29.8 Å². The Kier molecular flexibility index (Phi) is 5.29. The Morgan fingerprint density at radius 1 is 1.29 bits per heavy atom. The molecule has 1 aromatic carbocycles. The first kappa shape index (κ1) is 22.9. The number of benzene rings is 1. The molecule has 10 heteroatoms. The molecule has 2 fully saturated rings. The quantitative estimate of drug-likeness (QED) is 0.526. The van der Waals surface area contributed by atoms with Crippen molar-refractivity contribution in [3.05, 3.63) is 27.0 Å². The number of carbonyl (C=O) groups is 1. The van der Waals surface area contributed by atoms with E-state index in [1.807, 2.05) is 23.3 Å². The van der Waals surface area contributed by atoms with Crippen molar-refractivity contribution in [2.24, 2.45) is 11.7 Å². The summed E-state index contributed by atoms with van der Waals surface area (Å²) in [5.74, 6) is -1.26. The highest BCUT2D eigenvalue weighted by atomic mass is 32.1. The van der Waals surface area contributed by atoms with Crippen LogP contribution in [-0.4, -0.2) is 48.5 Å². The summed E-state index contributed by atoms with van der Waals surface area (Å²) in [6.45, 7) is 5.13. The van der Waals surface area contributed by atoms with Crippen LogP contribution < -0.4 is 20.8 Å². The van der Waals surface area contributed by atoms with Gasteiger partial charge in [-0.25, -0.2) is 9.18 Å². The molecule has 0 unspecified atom stereocenters. The molecule has 0 bridgehead atoms. The summed E-state index contributed by atoms with van der Waals surface area (Å²) in [7, 11) is 2.68. The predicted molar refractivity (Wildman–Crippen MR) is 130 cm³/mol. The summed E-state index contributed by atoms with van der Waals surface area (Å²) in [5.41, 5.74) is 6.17. The normalized spacial score (nSPS) is 18.8. The zero-order valence-electron chi connectivity index (χ0n) is 19.6. The minimum absolute atomic E-state index is 0.00474. The Balaban J connectivity index is 1.83. The van der Waals surface area contributed by atoms with Crippen LogP contribution in [0.5, 0.6) is 11.5 Å². The summed E-state index contributed by atoms with van der Waals surface area (Å²) in [6, 6.07) is 1.28. The zero-order chi connectivity index (χ0) is 24.5. The van der Waals surface area contributed by atoms with Crippen molar-refractivity contribution >= 4 is 44.1 Å². The minimum atomic E-state index is -0.726. The van der Waals surface area contributed by atoms with Crippen LogP contribution in [0.3, 0.4) is 0 Å². The van der Waals surface area contributed by atoms with Gasteiger partial charge >= 0.3 is 5.97 Å². The number of hydrogen-bond acceptors (Lipinski definition) is 8. The lowest BCUT2D eigenvalue weighted by molar-refractivity contribution is 0.0603. The first-order valence-electron chi connectivity index (χ1n) is 11.3. The second-order valence-electron chi connectivity index (χ2n) is 9.77. The SMILES string of the molecule is COC(=O)c1sc2c(c1O)c(=O)c1cc(F)c(N3CC[C@@H](C(C)(C)N)C3)c(OC)c1n2C1CC1. The van der Waals surface area contributed by atoms with E-state index in [-0.39, 0.29) is 33.4 Å². The third kappa shape index (κ3) is 3.34. The highest BCUT2D eigenvalue weighted by Crippen LogP contribution is 2.49. The Labute approximate surface area is 199 Å². The van der Waals surface area contributed by atoms with Gasteiger partial charge in [-0.3, -0.25) is 4.79 Å². The maximum atomic E-state index is 15.6. The fourth-order valence-electron chi connectivity index (χ4n) is 5.01. The molecule has 3 N–H and O–H groups in total. The van der Waals surface area contributed by atoms with Crippen molar-refractivity contribution < 1.29 is 23.8 Å². The first-order chi connectivity index (χ1) is 16.1. The number of methoxy groups -OCH3 is 2. The number of aromatic hydroxyl groups is 1. The van der Waals surface area contributed by atoms with E-state index in [1.165, 1.54) is 20.3 Å². The zero-order valence-corrected chi connectivity index (χ0v) is 20.4. The van der Waals surface area contributed by atoms with Crippen molar-refractivity contribution in [1.29, 1.82) is 0 Å². The number of halogens is 1. The number of esters is 1. The number of carbonyl (C=O) groups excluding carboxylic acids is 1. The van der Waals surface area contributed by atoms with Gasteiger partial charge in [0.15, 0.2) is 22.2 Å². The van der Waals surface area contributed by atoms with Gasteiger partial charge in [-0.05, 0) is 45.1 Å². The number of nitrogens with two attached hydrogens (primary N) is 1. The first-order valence-corrected chi connectivity index (χ1v) is 12.1. The molecule has 5 rings (SSSR count). The second kappa shape index (κ2) is 7.84. The molecule has 1 atom stereocenters. The van der Waals surface area contributed by atoms with E-state index < -0.39 is 28.5 Å². The molecule has 0 radical (unpaired) electrons. The van der Waals surface area contributed by atoms with E-state index in [9.17, 15) is 14.7 Å². The van der Waals surface area contributed by atoms with Gasteiger partial charge in [-0.1, -0.05) is 0 Å². The number of nitrogens with zero attached hydrogens (tertiary/aromatic N) is 2. The van der Waals surface area contributed by atoms with Crippen LogP contribution in [-0.2, 0) is 4.74 Å². The second-order valence-corrected chi connectivity index (χ2v) is 10.8. The number of anilines is 1. The molecule has 182 valence electrons. The Morgan fingerprint density at radius 3 is 2.56 bits per heavy atom. The fourth-order valence-corrected chi connectivity index (χ4v) is 6.20. The van der Waals surface area contributed by atoms with Gasteiger partial charge in [0, 0.05) is 24.7 Å². The lowest BCUT2D eigenvalue weighted by Gasteiger charge is -2.28. The van der Waals surface area contributed by atoms with Gasteiger partial charge in [-0.2, -0.15) is 0 Å². The predicted octanol–water partition coefficient (Wildman–Crippen LogP) is 3.75. The number of thiophene rings is 1. The van der Waals surface area contributed by atoms with Gasteiger partial charge in [-0.15, -0.1) is 11.3 Å². The summed E-state index contributed by atoms with van der Waals surface area (Å²) >= 11 is 1.00. The lowest BCUT2D eigenvalue weighted by atomic mass is 9.88. The molecule has 1 aliphatic carbocycles. The molecule has 2 aliphatic rings. The van der Waals surface area contributed by atoms with Crippen molar-refractivity contribution in [1.82, 2.24) is 4.57 Å². The number of pyridine rings is 1. The van der Waals surface area contributed by atoms with Crippen LogP contribution in [0.1, 0.15) is 48.8 Å². The maximum Gasteiger partial charge on any atom is 0.351 e. The summed E-state index contributed by atoms with van der Waals surface area (Å²) in [4.78, 5) is 28.1. The molecule has 0 spiro atoms. The average Bonchev–Trinajstić information content (AvgIpc) is 3.38. The fraction of sp³-hybridized carbons (Fsp3) is 0.500. The third-order valence-corrected chi connectivity index (χ3v) is 8.18. The number of fused-ring (bicyclic) bond motifs is 2. The smallest absolute Gasteiger partial charge is 0.351 e. The molecule has 2 aromatic heterocycles. The van der Waals surface area contributed by atoms with Crippen LogP contribution >= 0.6 is 11.3 Å². The molecule has 0 amide bonds. The van der Waals surface area contributed by atoms with E-state index in [4.69, 9.17) is 15.2 Å². The van der Waals surface area contributed by atoms with Crippen molar-refractivity contribution in [2.45, 2.75) is 44.7 Å². The monoisotopic (exact) mass is 489 g/mol. The van der Waals surface area contributed by atoms with Crippen LogP contribution in [0.4, 0.5) is 10.1 Å².